The van der Waals surface area contributed by atoms with Crippen molar-refractivity contribution in [3.63, 3.8) is 0 Å². The van der Waals surface area contributed by atoms with E-state index in [2.05, 4.69) is 10.6 Å². The summed E-state index contributed by atoms with van der Waals surface area (Å²) in [7, 11) is 0. The van der Waals surface area contributed by atoms with Crippen LogP contribution in [0.5, 0.6) is 5.75 Å². The average Bonchev–Trinajstić information content (AvgIpc) is 2.92. The first kappa shape index (κ1) is 18.8. The maximum Gasteiger partial charge on any atom is 0.224 e. The highest BCUT2D eigenvalue weighted by Gasteiger charge is 2.15. The fourth-order valence-corrected chi connectivity index (χ4v) is 2.63. The number of aryl methyl sites for hydroxylation is 1. The smallest absolute Gasteiger partial charge is 0.224 e. The molecule has 1 heterocycles. The highest BCUT2D eigenvalue weighted by atomic mass is 35.5. The molecule has 1 unspecified atom stereocenters. The zero-order valence-corrected chi connectivity index (χ0v) is 14.5. The number of anilines is 1. The number of halogens is 1. The Labute approximate surface area is 139 Å². The summed E-state index contributed by atoms with van der Waals surface area (Å²) in [5.74, 6) is 1.62. The van der Waals surface area contributed by atoms with Crippen LogP contribution in [0.25, 0.3) is 0 Å². The third kappa shape index (κ3) is 5.85. The third-order valence-electron chi connectivity index (χ3n) is 3.76. The molecular formula is C17H27ClN2O2. The van der Waals surface area contributed by atoms with E-state index in [1.165, 1.54) is 6.42 Å². The molecule has 1 fully saturated rings. The van der Waals surface area contributed by atoms with E-state index in [4.69, 9.17) is 4.74 Å². The van der Waals surface area contributed by atoms with Gasteiger partial charge in [0.1, 0.15) is 5.75 Å². The molecule has 1 aliphatic rings. The zero-order valence-electron chi connectivity index (χ0n) is 13.6. The summed E-state index contributed by atoms with van der Waals surface area (Å²) in [6.07, 6.45) is 2.90. The molecular weight excluding hydrogens is 300 g/mol. The maximum atomic E-state index is 12.0. The van der Waals surface area contributed by atoms with E-state index >= 15 is 0 Å². The van der Waals surface area contributed by atoms with Crippen LogP contribution < -0.4 is 15.4 Å². The van der Waals surface area contributed by atoms with Gasteiger partial charge in [-0.1, -0.05) is 0 Å². The van der Waals surface area contributed by atoms with Crippen LogP contribution in [-0.2, 0) is 4.79 Å². The van der Waals surface area contributed by atoms with E-state index in [1.54, 1.807) is 0 Å². The summed E-state index contributed by atoms with van der Waals surface area (Å²) in [5, 5.41) is 6.30. The van der Waals surface area contributed by atoms with E-state index in [1.807, 2.05) is 39.0 Å². The third-order valence-corrected chi connectivity index (χ3v) is 3.76. The van der Waals surface area contributed by atoms with Crippen molar-refractivity contribution in [1.82, 2.24) is 5.32 Å². The lowest BCUT2D eigenvalue weighted by Gasteiger charge is -2.14. The number of benzene rings is 1. The molecule has 4 nitrogen and oxygen atoms in total. The number of hydrogen-bond donors (Lipinski definition) is 2. The fraction of sp³-hybridized carbons (Fsp3) is 0.588. The van der Waals surface area contributed by atoms with E-state index in [-0.39, 0.29) is 24.4 Å². The summed E-state index contributed by atoms with van der Waals surface area (Å²) in [5.41, 5.74) is 1.89. The van der Waals surface area contributed by atoms with Crippen LogP contribution >= 0.6 is 12.4 Å². The van der Waals surface area contributed by atoms with Gasteiger partial charge in [-0.15, -0.1) is 12.4 Å². The molecule has 5 heteroatoms. The number of hydrogen-bond acceptors (Lipinski definition) is 3. The number of amides is 1. The molecule has 1 saturated heterocycles. The normalized spacial score (nSPS) is 17.2. The van der Waals surface area contributed by atoms with Crippen LogP contribution in [0.4, 0.5) is 5.69 Å². The molecule has 1 aromatic carbocycles. The van der Waals surface area contributed by atoms with Gasteiger partial charge in [0.2, 0.25) is 5.91 Å². The first-order chi connectivity index (χ1) is 10.0. The predicted octanol–water partition coefficient (Wildman–Crippen LogP) is 3.53. The van der Waals surface area contributed by atoms with Gasteiger partial charge in [0.15, 0.2) is 0 Å². The molecule has 2 rings (SSSR count). The average molecular weight is 327 g/mol. The Morgan fingerprint density at radius 3 is 2.82 bits per heavy atom. The van der Waals surface area contributed by atoms with Crippen LogP contribution in [0.3, 0.4) is 0 Å². The quantitative estimate of drug-likeness (QED) is 0.840. The van der Waals surface area contributed by atoms with Gasteiger partial charge in [-0.3, -0.25) is 4.79 Å². The Morgan fingerprint density at radius 2 is 2.23 bits per heavy atom. The molecule has 0 aromatic heterocycles. The largest absolute Gasteiger partial charge is 0.491 e. The first-order valence-electron chi connectivity index (χ1n) is 7.82. The molecule has 0 bridgehead atoms. The highest BCUT2D eigenvalue weighted by molar-refractivity contribution is 5.90. The van der Waals surface area contributed by atoms with Gasteiger partial charge in [0.05, 0.1) is 6.10 Å². The van der Waals surface area contributed by atoms with Crippen molar-refractivity contribution >= 4 is 24.0 Å². The SMILES string of the molecule is Cc1cc(NC(=O)CCC2CCNC2)ccc1OC(C)C.Cl. The van der Waals surface area contributed by atoms with Crippen molar-refractivity contribution in [2.45, 2.75) is 46.1 Å². The second-order valence-corrected chi connectivity index (χ2v) is 6.09. The number of nitrogens with one attached hydrogen (secondary N) is 2. The van der Waals surface area contributed by atoms with E-state index < -0.39 is 0 Å². The summed E-state index contributed by atoms with van der Waals surface area (Å²) in [6.45, 7) is 8.15. The van der Waals surface area contributed by atoms with E-state index in [0.717, 1.165) is 36.5 Å². The first-order valence-corrected chi connectivity index (χ1v) is 7.82. The fourth-order valence-electron chi connectivity index (χ4n) is 2.63. The second kappa shape index (κ2) is 9.01. The Bertz CT molecular complexity index is 486. The molecule has 0 spiro atoms. The van der Waals surface area contributed by atoms with Crippen molar-refractivity contribution < 1.29 is 9.53 Å². The van der Waals surface area contributed by atoms with E-state index in [0.29, 0.717) is 12.3 Å². The lowest BCUT2D eigenvalue weighted by Crippen LogP contribution is -2.15. The molecule has 22 heavy (non-hydrogen) atoms. The van der Waals surface area contributed by atoms with E-state index in [9.17, 15) is 4.79 Å². The number of carbonyl (C=O) groups excluding carboxylic acids is 1. The molecule has 124 valence electrons. The highest BCUT2D eigenvalue weighted by Crippen LogP contribution is 2.23. The summed E-state index contributed by atoms with van der Waals surface area (Å²) < 4.78 is 5.70. The summed E-state index contributed by atoms with van der Waals surface area (Å²) >= 11 is 0. The minimum absolute atomic E-state index is 0. The molecule has 0 radical (unpaired) electrons. The van der Waals surface area contributed by atoms with Gasteiger partial charge in [0.25, 0.3) is 0 Å². The van der Waals surface area contributed by atoms with Gasteiger partial charge in [-0.2, -0.15) is 0 Å². The van der Waals surface area contributed by atoms with Crippen LogP contribution in [0, 0.1) is 12.8 Å². The maximum absolute atomic E-state index is 12.0. The Morgan fingerprint density at radius 1 is 1.45 bits per heavy atom. The van der Waals surface area contributed by atoms with Gasteiger partial charge >= 0.3 is 0 Å². The second-order valence-electron chi connectivity index (χ2n) is 6.09. The lowest BCUT2D eigenvalue weighted by molar-refractivity contribution is -0.116. The topological polar surface area (TPSA) is 50.4 Å². The van der Waals surface area contributed by atoms with Crippen molar-refractivity contribution in [1.29, 1.82) is 0 Å². The van der Waals surface area contributed by atoms with Gasteiger partial charge in [0, 0.05) is 12.1 Å². The number of carbonyl (C=O) groups is 1. The molecule has 1 aliphatic heterocycles. The Kier molecular flexibility index (Phi) is 7.69. The van der Waals surface area contributed by atoms with Gasteiger partial charge in [-0.05, 0) is 76.4 Å². The molecule has 1 amide bonds. The molecule has 0 saturated carbocycles. The lowest BCUT2D eigenvalue weighted by atomic mass is 10.0. The van der Waals surface area contributed by atoms with Crippen LogP contribution in [0.1, 0.15) is 38.7 Å². The van der Waals surface area contributed by atoms with Crippen LogP contribution in [-0.4, -0.2) is 25.1 Å². The standard InChI is InChI=1S/C17H26N2O2.ClH/c1-12(2)21-16-6-5-15(10-13(16)3)19-17(20)7-4-14-8-9-18-11-14;/h5-6,10,12,14,18H,4,7-9,11H2,1-3H3,(H,19,20);1H. The zero-order chi connectivity index (χ0) is 15.2. The van der Waals surface area contributed by atoms with Crippen molar-refractivity contribution in [2.24, 2.45) is 5.92 Å². The molecule has 2 N–H and O–H groups in total. The number of rotatable bonds is 6. The van der Waals surface area contributed by atoms with Crippen LogP contribution in [0.15, 0.2) is 18.2 Å². The molecule has 0 aliphatic carbocycles. The van der Waals surface area contributed by atoms with Crippen molar-refractivity contribution in [2.75, 3.05) is 18.4 Å². The predicted molar refractivity (Wildman–Crippen MR) is 93.0 cm³/mol. The Hall–Kier alpha value is -1.26. The molecule has 1 aromatic rings. The minimum atomic E-state index is 0. The summed E-state index contributed by atoms with van der Waals surface area (Å²) in [4.78, 5) is 12.0. The summed E-state index contributed by atoms with van der Waals surface area (Å²) in [6, 6.07) is 5.79. The van der Waals surface area contributed by atoms with Gasteiger partial charge < -0.3 is 15.4 Å². The monoisotopic (exact) mass is 326 g/mol. The number of ether oxygens (including phenoxy) is 1. The van der Waals surface area contributed by atoms with Gasteiger partial charge in [-0.25, -0.2) is 0 Å². The van der Waals surface area contributed by atoms with Crippen LogP contribution in [0.2, 0.25) is 0 Å². The minimum Gasteiger partial charge on any atom is -0.491 e. The molecule has 1 atom stereocenters. The Balaban J connectivity index is 0.00000242. The van der Waals surface area contributed by atoms with Crippen molar-refractivity contribution in [3.8, 4) is 5.75 Å². The van der Waals surface area contributed by atoms with Crippen molar-refractivity contribution in [3.05, 3.63) is 23.8 Å².